The summed E-state index contributed by atoms with van der Waals surface area (Å²) in [5.41, 5.74) is 0.427. The Balaban J connectivity index is 1.91. The van der Waals surface area contributed by atoms with E-state index in [1.807, 2.05) is 0 Å². The summed E-state index contributed by atoms with van der Waals surface area (Å²) >= 11 is 6.00. The van der Waals surface area contributed by atoms with Gasteiger partial charge in [0.2, 0.25) is 0 Å². The van der Waals surface area contributed by atoms with Crippen molar-refractivity contribution in [3.05, 3.63) is 34.6 Å². The second kappa shape index (κ2) is 6.52. The molecule has 5 nitrogen and oxygen atoms in total. The number of urea groups is 1. The lowest BCUT2D eigenvalue weighted by atomic mass is 10.1. The van der Waals surface area contributed by atoms with Gasteiger partial charge in [-0.1, -0.05) is 24.6 Å². The second-order valence-electron chi connectivity index (χ2n) is 5.65. The van der Waals surface area contributed by atoms with E-state index in [0.717, 1.165) is 0 Å². The molecule has 0 bridgehead atoms. The van der Waals surface area contributed by atoms with Gasteiger partial charge < -0.3 is 15.3 Å². The number of hydrogen-bond acceptors (Lipinski definition) is 2. The number of carbonyl (C=O) groups is 2. The van der Waals surface area contributed by atoms with Crippen LogP contribution in [-0.4, -0.2) is 41.6 Å². The van der Waals surface area contributed by atoms with Crippen LogP contribution in [0.25, 0.3) is 0 Å². The maximum atomic E-state index is 13.8. The molecule has 120 valence electrons. The number of carboxylic acid groups (broad SMARTS) is 1. The van der Waals surface area contributed by atoms with E-state index in [-0.39, 0.29) is 30.4 Å². The van der Waals surface area contributed by atoms with Gasteiger partial charge in [0.25, 0.3) is 0 Å². The van der Waals surface area contributed by atoms with Crippen LogP contribution in [0.2, 0.25) is 5.02 Å². The van der Waals surface area contributed by atoms with Crippen molar-refractivity contribution in [1.82, 2.24) is 10.2 Å². The van der Waals surface area contributed by atoms with Crippen LogP contribution < -0.4 is 5.32 Å². The first-order valence-corrected chi connectivity index (χ1v) is 7.37. The van der Waals surface area contributed by atoms with E-state index in [1.165, 1.54) is 31.0 Å². The summed E-state index contributed by atoms with van der Waals surface area (Å²) in [7, 11) is 1.53. The Kier molecular flexibility index (Phi) is 4.90. The first-order valence-electron chi connectivity index (χ1n) is 6.99. The van der Waals surface area contributed by atoms with Crippen LogP contribution in [-0.2, 0) is 4.79 Å². The topological polar surface area (TPSA) is 69.6 Å². The quantitative estimate of drug-likeness (QED) is 0.873. The molecule has 1 aliphatic carbocycles. The standard InChI is InChI=1S/C15H18ClFN2O3/c1-8(14(20)21)7-19(2)15(22)18-12-6-9(12)13-10(16)4-3-5-11(13)17/h3-5,8-9,12H,6-7H2,1-2H3,(H,18,22)(H,20,21)/t8?,9-,12-/m1/s1. The molecule has 3 atom stereocenters. The van der Waals surface area contributed by atoms with Crippen molar-refractivity contribution in [2.24, 2.45) is 5.92 Å². The number of nitrogens with one attached hydrogen (secondary N) is 1. The van der Waals surface area contributed by atoms with Gasteiger partial charge in [-0.2, -0.15) is 0 Å². The number of amides is 2. The van der Waals surface area contributed by atoms with Gasteiger partial charge in [-0.15, -0.1) is 0 Å². The summed E-state index contributed by atoms with van der Waals surface area (Å²) in [6.07, 6.45) is 0.620. The van der Waals surface area contributed by atoms with E-state index in [9.17, 15) is 14.0 Å². The van der Waals surface area contributed by atoms with E-state index in [1.54, 1.807) is 6.07 Å². The molecule has 1 saturated carbocycles. The Morgan fingerprint density at radius 3 is 2.82 bits per heavy atom. The summed E-state index contributed by atoms with van der Waals surface area (Å²) in [6, 6.07) is 3.97. The van der Waals surface area contributed by atoms with E-state index in [0.29, 0.717) is 17.0 Å². The normalized spacial score (nSPS) is 21.1. The molecule has 22 heavy (non-hydrogen) atoms. The van der Waals surface area contributed by atoms with Gasteiger partial charge in [0, 0.05) is 36.1 Å². The zero-order valence-corrected chi connectivity index (χ0v) is 13.1. The predicted octanol–water partition coefficient (Wildman–Crippen LogP) is 2.70. The lowest BCUT2D eigenvalue weighted by Gasteiger charge is -2.20. The van der Waals surface area contributed by atoms with Crippen molar-refractivity contribution in [3.63, 3.8) is 0 Å². The average Bonchev–Trinajstić information content (AvgIpc) is 3.17. The van der Waals surface area contributed by atoms with Gasteiger partial charge in [-0.3, -0.25) is 4.79 Å². The third kappa shape index (κ3) is 3.68. The molecule has 1 aromatic rings. The fourth-order valence-corrected chi connectivity index (χ4v) is 2.68. The molecule has 0 aromatic heterocycles. The highest BCUT2D eigenvalue weighted by Crippen LogP contribution is 2.44. The fourth-order valence-electron chi connectivity index (χ4n) is 2.38. The Morgan fingerprint density at radius 2 is 2.23 bits per heavy atom. The van der Waals surface area contributed by atoms with Crippen LogP contribution in [0.4, 0.5) is 9.18 Å². The minimum Gasteiger partial charge on any atom is -0.481 e. The third-order valence-electron chi connectivity index (χ3n) is 3.79. The number of benzene rings is 1. The first-order chi connectivity index (χ1) is 10.3. The van der Waals surface area contributed by atoms with Crippen molar-refractivity contribution >= 4 is 23.6 Å². The zero-order chi connectivity index (χ0) is 16.4. The number of nitrogens with zero attached hydrogens (tertiary/aromatic N) is 1. The SMILES string of the molecule is CC(CN(C)C(=O)N[C@@H]1C[C@H]1c1c(F)cccc1Cl)C(=O)O. The molecule has 1 aliphatic rings. The Bertz CT molecular complexity index is 576. The van der Waals surface area contributed by atoms with E-state index in [2.05, 4.69) is 5.32 Å². The first kappa shape index (κ1) is 16.5. The van der Waals surface area contributed by atoms with Gasteiger partial charge >= 0.3 is 12.0 Å². The predicted molar refractivity (Wildman–Crippen MR) is 80.5 cm³/mol. The third-order valence-corrected chi connectivity index (χ3v) is 4.12. The molecule has 0 saturated heterocycles. The van der Waals surface area contributed by atoms with E-state index < -0.39 is 11.9 Å². The number of halogens is 2. The molecule has 2 N–H and O–H groups in total. The van der Waals surface area contributed by atoms with Gasteiger partial charge in [0.05, 0.1) is 5.92 Å². The lowest BCUT2D eigenvalue weighted by Crippen LogP contribution is -2.42. The summed E-state index contributed by atoms with van der Waals surface area (Å²) in [6.45, 7) is 1.64. The summed E-state index contributed by atoms with van der Waals surface area (Å²) in [4.78, 5) is 24.1. The molecule has 1 unspecified atom stereocenters. The summed E-state index contributed by atoms with van der Waals surface area (Å²) in [5, 5.41) is 12.0. The van der Waals surface area contributed by atoms with E-state index >= 15 is 0 Å². The molecule has 0 aliphatic heterocycles. The average molecular weight is 329 g/mol. The largest absolute Gasteiger partial charge is 0.481 e. The monoisotopic (exact) mass is 328 g/mol. The van der Waals surface area contributed by atoms with Crippen LogP contribution in [0.15, 0.2) is 18.2 Å². The molecule has 0 spiro atoms. The van der Waals surface area contributed by atoms with Crippen molar-refractivity contribution in [2.45, 2.75) is 25.3 Å². The Morgan fingerprint density at radius 1 is 1.55 bits per heavy atom. The summed E-state index contributed by atoms with van der Waals surface area (Å²) in [5.74, 6) is -2.11. The van der Waals surface area contributed by atoms with Gasteiger partial charge in [-0.25, -0.2) is 9.18 Å². The van der Waals surface area contributed by atoms with Crippen molar-refractivity contribution in [1.29, 1.82) is 0 Å². The van der Waals surface area contributed by atoms with Crippen LogP contribution in [0.1, 0.15) is 24.8 Å². The van der Waals surface area contributed by atoms with Crippen LogP contribution >= 0.6 is 11.6 Å². The minimum absolute atomic E-state index is 0.110. The highest BCUT2D eigenvalue weighted by molar-refractivity contribution is 6.31. The van der Waals surface area contributed by atoms with Crippen LogP contribution in [0.5, 0.6) is 0 Å². The molecular formula is C15H18ClFN2O3. The summed E-state index contributed by atoms with van der Waals surface area (Å²) < 4.78 is 13.8. The maximum Gasteiger partial charge on any atom is 0.317 e. The molecule has 1 aromatic carbocycles. The number of carboxylic acids is 1. The molecule has 7 heteroatoms. The van der Waals surface area contributed by atoms with Gasteiger partial charge in [-0.05, 0) is 18.6 Å². The second-order valence-corrected chi connectivity index (χ2v) is 6.06. The van der Waals surface area contributed by atoms with Crippen LogP contribution in [0, 0.1) is 11.7 Å². The van der Waals surface area contributed by atoms with Gasteiger partial charge in [0.15, 0.2) is 0 Å². The Hall–Kier alpha value is -1.82. The Labute approximate surface area is 133 Å². The lowest BCUT2D eigenvalue weighted by molar-refractivity contribution is -0.141. The smallest absolute Gasteiger partial charge is 0.317 e. The number of aliphatic carboxylic acids is 1. The van der Waals surface area contributed by atoms with Crippen molar-refractivity contribution in [2.75, 3.05) is 13.6 Å². The molecule has 2 rings (SSSR count). The fraction of sp³-hybridized carbons (Fsp3) is 0.467. The maximum absolute atomic E-state index is 13.8. The minimum atomic E-state index is -0.956. The van der Waals surface area contributed by atoms with Crippen molar-refractivity contribution in [3.8, 4) is 0 Å². The van der Waals surface area contributed by atoms with Crippen molar-refractivity contribution < 1.29 is 19.1 Å². The number of carbonyl (C=O) groups excluding carboxylic acids is 1. The molecule has 0 heterocycles. The zero-order valence-electron chi connectivity index (χ0n) is 12.3. The molecule has 1 fully saturated rings. The molecule has 2 amide bonds. The van der Waals surface area contributed by atoms with Crippen LogP contribution in [0.3, 0.4) is 0 Å². The molecule has 0 radical (unpaired) electrons. The molecular weight excluding hydrogens is 311 g/mol. The highest BCUT2D eigenvalue weighted by Gasteiger charge is 2.42. The number of rotatable bonds is 5. The van der Waals surface area contributed by atoms with Gasteiger partial charge in [0.1, 0.15) is 5.82 Å². The highest BCUT2D eigenvalue weighted by atomic mass is 35.5. The van der Waals surface area contributed by atoms with E-state index in [4.69, 9.17) is 16.7 Å². The number of hydrogen-bond donors (Lipinski definition) is 2.